The smallest absolute Gasteiger partial charge is 0.260 e. The zero-order valence-electron chi connectivity index (χ0n) is 12.2. The maximum absolute atomic E-state index is 11.6. The second kappa shape index (κ2) is 6.61. The predicted octanol–water partition coefficient (Wildman–Crippen LogP) is 1.63. The highest BCUT2D eigenvalue weighted by molar-refractivity contribution is 5.80. The molecule has 1 heterocycles. The molecule has 0 saturated carbocycles. The average Bonchev–Trinajstić information content (AvgIpc) is 2.82. The number of hydrogen-bond acceptors (Lipinski definition) is 4. The van der Waals surface area contributed by atoms with Gasteiger partial charge in [-0.2, -0.15) is 0 Å². The summed E-state index contributed by atoms with van der Waals surface area (Å²) >= 11 is 0. The third-order valence-electron chi connectivity index (χ3n) is 3.25. The molecule has 0 spiro atoms. The van der Waals surface area contributed by atoms with E-state index in [1.165, 1.54) is 0 Å². The van der Waals surface area contributed by atoms with Gasteiger partial charge in [-0.25, -0.2) is 0 Å². The molecule has 2 unspecified atom stereocenters. The van der Waals surface area contributed by atoms with E-state index in [4.69, 9.17) is 9.47 Å². The molecule has 0 aliphatic carbocycles. The van der Waals surface area contributed by atoms with Crippen LogP contribution in [0.25, 0.3) is 0 Å². The summed E-state index contributed by atoms with van der Waals surface area (Å²) in [6.45, 7) is 7.83. The Bertz CT molecular complexity index is 476. The molecule has 110 valence electrons. The third-order valence-corrected chi connectivity index (χ3v) is 3.25. The lowest BCUT2D eigenvalue weighted by atomic mass is 10.1. The lowest BCUT2D eigenvalue weighted by Crippen LogP contribution is -2.36. The molecule has 2 atom stereocenters. The Morgan fingerprint density at radius 3 is 2.95 bits per heavy atom. The van der Waals surface area contributed by atoms with Gasteiger partial charge >= 0.3 is 0 Å². The van der Waals surface area contributed by atoms with Crippen LogP contribution in [0.2, 0.25) is 0 Å². The average molecular weight is 278 g/mol. The van der Waals surface area contributed by atoms with Crippen LogP contribution in [0.3, 0.4) is 0 Å². The lowest BCUT2D eigenvalue weighted by molar-refractivity contribution is -0.127. The van der Waals surface area contributed by atoms with Crippen LogP contribution in [0.1, 0.15) is 32.4 Å². The number of nitrogens with one attached hydrogen (secondary N) is 2. The summed E-state index contributed by atoms with van der Waals surface area (Å²) in [6.07, 6.45) is -0.515. The minimum atomic E-state index is -0.515. The standard InChI is InChI=1S/C15H22N2O3/c1-4-16-13-9-19-14-8-11(6-7-12(13)14)20-10(3)15(18)17-5-2/h6-8,10,13,16H,4-5,9H2,1-3H3,(H,17,18). The molecule has 2 rings (SSSR count). The van der Waals surface area contributed by atoms with Crippen LogP contribution in [0.15, 0.2) is 18.2 Å². The van der Waals surface area contributed by atoms with Crippen LogP contribution in [0, 0.1) is 0 Å². The Labute approximate surface area is 119 Å². The Hall–Kier alpha value is -1.75. The first-order chi connectivity index (χ1) is 9.65. The van der Waals surface area contributed by atoms with E-state index in [9.17, 15) is 4.79 Å². The minimum absolute atomic E-state index is 0.112. The van der Waals surface area contributed by atoms with E-state index in [0.29, 0.717) is 18.9 Å². The summed E-state index contributed by atoms with van der Waals surface area (Å²) in [6, 6.07) is 5.97. The van der Waals surface area contributed by atoms with Crippen LogP contribution in [0.5, 0.6) is 11.5 Å². The van der Waals surface area contributed by atoms with Gasteiger partial charge in [0.05, 0.1) is 6.04 Å². The molecule has 0 radical (unpaired) electrons. The fourth-order valence-electron chi connectivity index (χ4n) is 2.25. The number of carbonyl (C=O) groups excluding carboxylic acids is 1. The summed E-state index contributed by atoms with van der Waals surface area (Å²) < 4.78 is 11.3. The van der Waals surface area contributed by atoms with Gasteiger partial charge in [0.2, 0.25) is 0 Å². The Balaban J connectivity index is 2.03. The van der Waals surface area contributed by atoms with Gasteiger partial charge in [-0.3, -0.25) is 4.79 Å². The molecule has 0 fully saturated rings. The van der Waals surface area contributed by atoms with Crippen LogP contribution in [-0.2, 0) is 4.79 Å². The number of carbonyl (C=O) groups is 1. The molecule has 0 saturated heterocycles. The molecule has 1 aliphatic heterocycles. The number of likely N-dealkylation sites (N-methyl/N-ethyl adjacent to an activating group) is 2. The topological polar surface area (TPSA) is 59.6 Å². The molecule has 1 aromatic rings. The normalized spacial score (nSPS) is 18.1. The largest absolute Gasteiger partial charge is 0.491 e. The summed E-state index contributed by atoms with van der Waals surface area (Å²) in [4.78, 5) is 11.6. The highest BCUT2D eigenvalue weighted by atomic mass is 16.5. The van der Waals surface area contributed by atoms with Crippen molar-refractivity contribution in [1.29, 1.82) is 0 Å². The van der Waals surface area contributed by atoms with Crippen LogP contribution >= 0.6 is 0 Å². The van der Waals surface area contributed by atoms with Crippen molar-refractivity contribution >= 4 is 5.91 Å². The molecule has 5 nitrogen and oxygen atoms in total. The van der Waals surface area contributed by atoms with E-state index in [-0.39, 0.29) is 11.9 Å². The second-order valence-corrected chi connectivity index (χ2v) is 4.78. The Morgan fingerprint density at radius 2 is 2.25 bits per heavy atom. The van der Waals surface area contributed by atoms with Crippen molar-refractivity contribution < 1.29 is 14.3 Å². The molecule has 1 amide bonds. The first kappa shape index (κ1) is 14.7. The van der Waals surface area contributed by atoms with Gasteiger partial charge in [0.15, 0.2) is 6.10 Å². The van der Waals surface area contributed by atoms with Gasteiger partial charge in [-0.05, 0) is 32.5 Å². The molecule has 5 heteroatoms. The van der Waals surface area contributed by atoms with Gasteiger partial charge in [0.1, 0.15) is 18.1 Å². The number of hydrogen-bond donors (Lipinski definition) is 2. The maximum atomic E-state index is 11.6. The lowest BCUT2D eigenvalue weighted by Gasteiger charge is -2.15. The van der Waals surface area contributed by atoms with Gasteiger partial charge in [-0.1, -0.05) is 6.92 Å². The van der Waals surface area contributed by atoms with E-state index in [1.54, 1.807) is 6.92 Å². The first-order valence-corrected chi connectivity index (χ1v) is 7.10. The van der Waals surface area contributed by atoms with Crippen LogP contribution in [-0.4, -0.2) is 31.7 Å². The first-order valence-electron chi connectivity index (χ1n) is 7.10. The Morgan fingerprint density at radius 1 is 1.45 bits per heavy atom. The summed E-state index contributed by atoms with van der Waals surface area (Å²) in [7, 11) is 0. The highest BCUT2D eigenvalue weighted by Crippen LogP contribution is 2.35. The molecular weight excluding hydrogens is 256 g/mol. The zero-order valence-corrected chi connectivity index (χ0v) is 12.2. The molecule has 1 aliphatic rings. The molecule has 2 N–H and O–H groups in total. The van der Waals surface area contributed by atoms with Gasteiger partial charge in [0, 0.05) is 18.2 Å². The minimum Gasteiger partial charge on any atom is -0.491 e. The molecule has 0 aromatic heterocycles. The SMILES string of the molecule is CCNC(=O)C(C)Oc1ccc2c(c1)OCC2NCC. The van der Waals surface area contributed by atoms with Crippen LogP contribution in [0.4, 0.5) is 0 Å². The van der Waals surface area contributed by atoms with E-state index in [0.717, 1.165) is 17.9 Å². The van der Waals surface area contributed by atoms with E-state index in [1.807, 2.05) is 25.1 Å². The van der Waals surface area contributed by atoms with E-state index in [2.05, 4.69) is 17.6 Å². The number of amides is 1. The van der Waals surface area contributed by atoms with Crippen molar-refractivity contribution in [3.63, 3.8) is 0 Å². The summed E-state index contributed by atoms with van der Waals surface area (Å²) in [5.41, 5.74) is 1.14. The maximum Gasteiger partial charge on any atom is 0.260 e. The van der Waals surface area contributed by atoms with Crippen molar-refractivity contribution in [3.8, 4) is 11.5 Å². The van der Waals surface area contributed by atoms with Crippen molar-refractivity contribution in [2.24, 2.45) is 0 Å². The zero-order chi connectivity index (χ0) is 14.5. The third kappa shape index (κ3) is 3.22. The monoisotopic (exact) mass is 278 g/mol. The number of ether oxygens (including phenoxy) is 2. The summed E-state index contributed by atoms with van der Waals surface area (Å²) in [5.74, 6) is 1.37. The molecule has 1 aromatic carbocycles. The number of fused-ring (bicyclic) bond motifs is 1. The van der Waals surface area contributed by atoms with Crippen molar-refractivity contribution in [1.82, 2.24) is 10.6 Å². The van der Waals surface area contributed by atoms with Crippen molar-refractivity contribution in [3.05, 3.63) is 23.8 Å². The quantitative estimate of drug-likeness (QED) is 0.830. The second-order valence-electron chi connectivity index (χ2n) is 4.78. The molecule has 0 bridgehead atoms. The van der Waals surface area contributed by atoms with E-state index < -0.39 is 6.10 Å². The predicted molar refractivity (Wildman–Crippen MR) is 77.1 cm³/mol. The molecule has 20 heavy (non-hydrogen) atoms. The van der Waals surface area contributed by atoms with Gasteiger partial charge in [-0.15, -0.1) is 0 Å². The number of rotatable bonds is 6. The van der Waals surface area contributed by atoms with Crippen molar-refractivity contribution in [2.45, 2.75) is 32.9 Å². The molecular formula is C15H22N2O3. The summed E-state index contributed by atoms with van der Waals surface area (Å²) in [5, 5.41) is 6.10. The van der Waals surface area contributed by atoms with Gasteiger partial charge < -0.3 is 20.1 Å². The highest BCUT2D eigenvalue weighted by Gasteiger charge is 2.24. The number of benzene rings is 1. The Kier molecular flexibility index (Phi) is 4.84. The van der Waals surface area contributed by atoms with Crippen molar-refractivity contribution in [2.75, 3.05) is 19.7 Å². The van der Waals surface area contributed by atoms with Gasteiger partial charge in [0.25, 0.3) is 5.91 Å². The fraction of sp³-hybridized carbons (Fsp3) is 0.533. The fourth-order valence-corrected chi connectivity index (χ4v) is 2.25. The van der Waals surface area contributed by atoms with Crippen LogP contribution < -0.4 is 20.1 Å². The van der Waals surface area contributed by atoms with E-state index >= 15 is 0 Å².